The molecule has 0 aromatic heterocycles. The van der Waals surface area contributed by atoms with Crippen LogP contribution in [-0.2, 0) is 4.79 Å². The summed E-state index contributed by atoms with van der Waals surface area (Å²) in [6, 6.07) is 10.9. The van der Waals surface area contributed by atoms with Gasteiger partial charge in [0.25, 0.3) is 15.6 Å². The van der Waals surface area contributed by atoms with Gasteiger partial charge in [-0.1, -0.05) is 58.5 Å². The average molecular weight is 479 g/mol. The predicted molar refractivity (Wildman–Crippen MR) is 115 cm³/mol. The molecule has 154 valence electrons. The summed E-state index contributed by atoms with van der Waals surface area (Å²) < 4.78 is 11.8. The standard InChI is InChI=1S/C19H16Cl4FN3O2/c20-12-5-6-16(15(11-12)25-18(29)19(21,22)23)26-7-9-27(10-8-26)17(28)13-3-1-2-4-14(13)24/h1-6,11H,7-10H2,(H,25,29). The molecule has 0 saturated carbocycles. The molecule has 0 spiro atoms. The van der Waals surface area contributed by atoms with Crippen LogP contribution in [-0.4, -0.2) is 46.7 Å². The molecule has 29 heavy (non-hydrogen) atoms. The average Bonchev–Trinajstić information content (AvgIpc) is 2.67. The molecule has 2 amide bonds. The van der Waals surface area contributed by atoms with E-state index in [1.54, 1.807) is 29.2 Å². The predicted octanol–water partition coefficient (Wildman–Crippen LogP) is 4.75. The maximum atomic E-state index is 13.9. The molecule has 0 atom stereocenters. The van der Waals surface area contributed by atoms with Crippen LogP contribution in [0, 0.1) is 5.82 Å². The quantitative estimate of drug-likeness (QED) is 0.647. The lowest BCUT2D eigenvalue weighted by molar-refractivity contribution is -0.115. The second kappa shape index (κ2) is 8.96. The Morgan fingerprint density at radius 2 is 1.66 bits per heavy atom. The zero-order valence-corrected chi connectivity index (χ0v) is 18.0. The van der Waals surface area contributed by atoms with Crippen molar-refractivity contribution in [1.82, 2.24) is 4.90 Å². The minimum Gasteiger partial charge on any atom is -0.366 e. The summed E-state index contributed by atoms with van der Waals surface area (Å²) in [4.78, 5) is 28.2. The Morgan fingerprint density at radius 1 is 1.00 bits per heavy atom. The van der Waals surface area contributed by atoms with E-state index < -0.39 is 15.5 Å². The van der Waals surface area contributed by atoms with Gasteiger partial charge in [-0.3, -0.25) is 9.59 Å². The van der Waals surface area contributed by atoms with E-state index in [4.69, 9.17) is 46.4 Å². The van der Waals surface area contributed by atoms with Gasteiger partial charge in [-0.25, -0.2) is 4.39 Å². The molecule has 0 unspecified atom stereocenters. The van der Waals surface area contributed by atoms with Crippen molar-refractivity contribution in [2.75, 3.05) is 36.4 Å². The van der Waals surface area contributed by atoms with E-state index in [2.05, 4.69) is 5.32 Å². The number of hydrogen-bond donors (Lipinski definition) is 1. The first-order chi connectivity index (χ1) is 13.7. The lowest BCUT2D eigenvalue weighted by Gasteiger charge is -2.37. The first-order valence-electron chi connectivity index (χ1n) is 8.63. The number of halogens is 5. The number of carbonyl (C=O) groups excluding carboxylic acids is 2. The normalized spacial score (nSPS) is 14.7. The monoisotopic (exact) mass is 477 g/mol. The molecule has 0 radical (unpaired) electrons. The molecule has 2 aromatic rings. The number of rotatable bonds is 3. The van der Waals surface area contributed by atoms with E-state index >= 15 is 0 Å². The molecule has 0 aliphatic carbocycles. The summed E-state index contributed by atoms with van der Waals surface area (Å²) in [5.41, 5.74) is 1.11. The molecule has 1 N–H and O–H groups in total. The van der Waals surface area contributed by atoms with E-state index in [0.717, 1.165) is 0 Å². The van der Waals surface area contributed by atoms with Gasteiger partial charge in [0.1, 0.15) is 5.82 Å². The minimum atomic E-state index is -2.12. The van der Waals surface area contributed by atoms with Crippen LogP contribution >= 0.6 is 46.4 Å². The van der Waals surface area contributed by atoms with Crippen LogP contribution < -0.4 is 10.2 Å². The van der Waals surface area contributed by atoms with Gasteiger partial charge in [0, 0.05) is 31.2 Å². The highest BCUT2D eigenvalue weighted by Gasteiger charge is 2.32. The number of amides is 2. The fraction of sp³-hybridized carbons (Fsp3) is 0.263. The van der Waals surface area contributed by atoms with Crippen molar-refractivity contribution in [2.24, 2.45) is 0 Å². The Labute approximate surface area is 187 Å². The molecule has 5 nitrogen and oxygen atoms in total. The number of nitrogens with one attached hydrogen (secondary N) is 1. The van der Waals surface area contributed by atoms with E-state index in [9.17, 15) is 14.0 Å². The summed E-state index contributed by atoms with van der Waals surface area (Å²) in [5.74, 6) is -1.71. The second-order valence-electron chi connectivity index (χ2n) is 6.37. The number of carbonyl (C=O) groups is 2. The second-order valence-corrected chi connectivity index (χ2v) is 9.09. The lowest BCUT2D eigenvalue weighted by Crippen LogP contribution is -2.49. The van der Waals surface area contributed by atoms with Gasteiger partial charge in [0.2, 0.25) is 0 Å². The summed E-state index contributed by atoms with van der Waals surface area (Å²) in [7, 11) is 0. The first-order valence-corrected chi connectivity index (χ1v) is 10.1. The summed E-state index contributed by atoms with van der Waals surface area (Å²) in [6.07, 6.45) is 0. The third-order valence-electron chi connectivity index (χ3n) is 4.48. The van der Waals surface area contributed by atoms with Gasteiger partial charge >= 0.3 is 0 Å². The fourth-order valence-electron chi connectivity index (χ4n) is 3.03. The third kappa shape index (κ3) is 5.25. The molecule has 1 saturated heterocycles. The molecule has 10 heteroatoms. The number of hydrogen-bond acceptors (Lipinski definition) is 3. The van der Waals surface area contributed by atoms with Crippen molar-refractivity contribution in [3.05, 3.63) is 58.9 Å². The number of alkyl halides is 3. The highest BCUT2D eigenvalue weighted by Crippen LogP contribution is 2.33. The van der Waals surface area contributed by atoms with Crippen LogP contribution in [0.15, 0.2) is 42.5 Å². The molecule has 3 rings (SSSR count). The highest BCUT2D eigenvalue weighted by molar-refractivity contribution is 6.76. The Kier molecular flexibility index (Phi) is 6.79. The first kappa shape index (κ1) is 22.0. The van der Waals surface area contributed by atoms with Crippen molar-refractivity contribution in [1.29, 1.82) is 0 Å². The molecule has 1 fully saturated rings. The van der Waals surface area contributed by atoms with Gasteiger partial charge in [-0.05, 0) is 30.3 Å². The zero-order valence-electron chi connectivity index (χ0n) is 15.0. The van der Waals surface area contributed by atoms with E-state index in [-0.39, 0.29) is 11.5 Å². The number of anilines is 2. The van der Waals surface area contributed by atoms with Crippen molar-refractivity contribution in [3.63, 3.8) is 0 Å². The van der Waals surface area contributed by atoms with E-state index in [0.29, 0.717) is 42.6 Å². The van der Waals surface area contributed by atoms with Crippen LogP contribution in [0.1, 0.15) is 10.4 Å². The van der Waals surface area contributed by atoms with Crippen LogP contribution in [0.3, 0.4) is 0 Å². The summed E-state index contributed by atoms with van der Waals surface area (Å²) in [6.45, 7) is 1.71. The molecule has 1 aliphatic heterocycles. The van der Waals surface area contributed by atoms with Crippen LogP contribution in [0.4, 0.5) is 15.8 Å². The molecule has 1 aliphatic rings. The van der Waals surface area contributed by atoms with Gasteiger partial charge in [0.05, 0.1) is 16.9 Å². The Bertz CT molecular complexity index is 928. The molecular weight excluding hydrogens is 463 g/mol. The minimum absolute atomic E-state index is 0.0445. The lowest BCUT2D eigenvalue weighted by atomic mass is 10.1. The highest BCUT2D eigenvalue weighted by atomic mass is 35.6. The smallest absolute Gasteiger partial charge is 0.276 e. The van der Waals surface area contributed by atoms with E-state index in [1.807, 2.05) is 4.90 Å². The summed E-state index contributed by atoms with van der Waals surface area (Å²) in [5, 5.41) is 2.97. The van der Waals surface area contributed by atoms with Crippen molar-refractivity contribution in [2.45, 2.75) is 3.79 Å². The molecule has 0 bridgehead atoms. The SMILES string of the molecule is O=C(c1ccccc1F)N1CCN(c2ccc(Cl)cc2NC(=O)C(Cl)(Cl)Cl)CC1. The summed E-state index contributed by atoms with van der Waals surface area (Å²) >= 11 is 22.9. The zero-order chi connectivity index (χ0) is 21.2. The van der Waals surface area contributed by atoms with Gasteiger partial charge in [-0.2, -0.15) is 0 Å². The van der Waals surface area contributed by atoms with Gasteiger partial charge in [-0.15, -0.1) is 0 Å². The van der Waals surface area contributed by atoms with Crippen molar-refractivity contribution < 1.29 is 14.0 Å². The Morgan fingerprint density at radius 3 is 2.28 bits per heavy atom. The molecular formula is C19H16Cl4FN3O2. The number of nitrogens with zero attached hydrogens (tertiary/aromatic N) is 2. The molecule has 2 aromatic carbocycles. The maximum Gasteiger partial charge on any atom is 0.276 e. The van der Waals surface area contributed by atoms with Crippen LogP contribution in [0.2, 0.25) is 5.02 Å². The van der Waals surface area contributed by atoms with Crippen LogP contribution in [0.25, 0.3) is 0 Å². The van der Waals surface area contributed by atoms with E-state index in [1.165, 1.54) is 18.2 Å². The topological polar surface area (TPSA) is 52.7 Å². The van der Waals surface area contributed by atoms with Gasteiger partial charge in [0.15, 0.2) is 0 Å². The van der Waals surface area contributed by atoms with Crippen molar-refractivity contribution in [3.8, 4) is 0 Å². The largest absolute Gasteiger partial charge is 0.366 e. The number of piperazine rings is 1. The van der Waals surface area contributed by atoms with Gasteiger partial charge < -0.3 is 15.1 Å². The van der Waals surface area contributed by atoms with Crippen LogP contribution in [0.5, 0.6) is 0 Å². The Balaban J connectivity index is 1.73. The third-order valence-corrected chi connectivity index (χ3v) is 5.23. The maximum absolute atomic E-state index is 13.9. The Hall–Kier alpha value is -1.73. The van der Waals surface area contributed by atoms with Crippen molar-refractivity contribution >= 4 is 69.6 Å². The molecule has 1 heterocycles. The number of benzene rings is 2. The fourth-order valence-corrected chi connectivity index (χ4v) is 3.35.